The van der Waals surface area contributed by atoms with Crippen molar-refractivity contribution in [3.8, 4) is 22.9 Å². The summed E-state index contributed by atoms with van der Waals surface area (Å²) in [6, 6.07) is 21.1. The number of H-pyrrole nitrogens is 1. The zero-order valence-corrected chi connectivity index (χ0v) is 17.4. The van der Waals surface area contributed by atoms with Gasteiger partial charge in [-0.15, -0.1) is 0 Å². The molecule has 0 radical (unpaired) electrons. The molecule has 3 aromatic carbocycles. The topological polar surface area (TPSA) is 64.2 Å². The third-order valence-electron chi connectivity index (χ3n) is 4.61. The number of benzene rings is 3. The zero-order chi connectivity index (χ0) is 20.2. The van der Waals surface area contributed by atoms with Crippen molar-refractivity contribution in [2.24, 2.45) is 0 Å². The van der Waals surface area contributed by atoms with Gasteiger partial charge < -0.3 is 14.5 Å². The van der Waals surface area contributed by atoms with Crippen molar-refractivity contribution in [1.29, 1.82) is 0 Å². The van der Waals surface area contributed by atoms with Gasteiger partial charge in [0.1, 0.15) is 5.82 Å². The maximum Gasteiger partial charge on any atom is 0.259 e. The van der Waals surface area contributed by atoms with E-state index in [1.807, 2.05) is 48.5 Å². The van der Waals surface area contributed by atoms with Gasteiger partial charge in [0.15, 0.2) is 11.5 Å². The molecule has 0 bridgehead atoms. The fraction of sp³-hybridized carbons (Fsp3) is 0.130. The van der Waals surface area contributed by atoms with Gasteiger partial charge in [-0.25, -0.2) is 4.98 Å². The van der Waals surface area contributed by atoms with Crippen molar-refractivity contribution in [3.63, 3.8) is 0 Å². The predicted octanol–water partition coefficient (Wildman–Crippen LogP) is 4.98. The number of halogens is 1. The van der Waals surface area contributed by atoms with Crippen LogP contribution in [0.15, 0.2) is 76.0 Å². The monoisotopic (exact) mass is 450 g/mol. The molecular formula is C23H19BrN2O3. The smallest absolute Gasteiger partial charge is 0.259 e. The lowest BCUT2D eigenvalue weighted by Gasteiger charge is -2.14. The number of aromatic nitrogens is 2. The summed E-state index contributed by atoms with van der Waals surface area (Å²) >= 11 is 3.58. The van der Waals surface area contributed by atoms with Gasteiger partial charge in [-0.1, -0.05) is 42.5 Å². The number of nitrogens with one attached hydrogen (secondary N) is 1. The first-order chi connectivity index (χ1) is 14.2. The fourth-order valence-corrected chi connectivity index (χ4v) is 3.64. The Labute approximate surface area is 176 Å². The SMILES string of the molecule is COc1cc(-c2nc3ccccc3c(=O)[nH]2)c(Br)cc1OCCc1ccccc1. The second-order valence-electron chi connectivity index (χ2n) is 6.50. The first-order valence-corrected chi connectivity index (χ1v) is 9.98. The highest BCUT2D eigenvalue weighted by Gasteiger charge is 2.15. The van der Waals surface area contributed by atoms with E-state index in [2.05, 4.69) is 38.0 Å². The minimum Gasteiger partial charge on any atom is -0.493 e. The first kappa shape index (κ1) is 19.2. The van der Waals surface area contributed by atoms with Crippen LogP contribution in [0.2, 0.25) is 0 Å². The van der Waals surface area contributed by atoms with Crippen LogP contribution in [0.1, 0.15) is 5.56 Å². The Morgan fingerprint density at radius 1 is 1.00 bits per heavy atom. The van der Waals surface area contributed by atoms with Crippen molar-refractivity contribution in [3.05, 3.63) is 87.1 Å². The third-order valence-corrected chi connectivity index (χ3v) is 5.27. The van der Waals surface area contributed by atoms with E-state index in [9.17, 15) is 4.79 Å². The van der Waals surface area contributed by atoms with E-state index >= 15 is 0 Å². The fourth-order valence-electron chi connectivity index (χ4n) is 3.13. The standard InChI is InChI=1S/C23H19BrN2O3/c1-28-20-13-17(22-25-19-10-6-5-9-16(19)23(27)26-22)18(24)14-21(20)29-12-11-15-7-3-2-4-8-15/h2-10,13-14H,11-12H2,1H3,(H,25,26,27). The van der Waals surface area contributed by atoms with Crippen LogP contribution in [0.25, 0.3) is 22.3 Å². The lowest BCUT2D eigenvalue weighted by atomic mass is 10.1. The van der Waals surface area contributed by atoms with E-state index < -0.39 is 0 Å². The Morgan fingerprint density at radius 3 is 2.55 bits per heavy atom. The Morgan fingerprint density at radius 2 is 1.76 bits per heavy atom. The number of hydrogen-bond donors (Lipinski definition) is 1. The van der Waals surface area contributed by atoms with Crippen molar-refractivity contribution < 1.29 is 9.47 Å². The molecule has 5 nitrogen and oxygen atoms in total. The van der Waals surface area contributed by atoms with Gasteiger partial charge in [0.05, 0.1) is 24.6 Å². The number of hydrogen-bond acceptors (Lipinski definition) is 4. The molecule has 4 aromatic rings. The maximum absolute atomic E-state index is 12.4. The Bertz CT molecular complexity index is 1210. The predicted molar refractivity (Wildman–Crippen MR) is 118 cm³/mol. The molecule has 146 valence electrons. The average Bonchev–Trinajstić information content (AvgIpc) is 2.74. The summed E-state index contributed by atoms with van der Waals surface area (Å²) in [6.45, 7) is 0.525. The van der Waals surface area contributed by atoms with Gasteiger partial charge >= 0.3 is 0 Å². The van der Waals surface area contributed by atoms with E-state index in [0.717, 1.165) is 16.5 Å². The van der Waals surface area contributed by atoms with E-state index in [0.29, 0.717) is 34.8 Å². The second-order valence-corrected chi connectivity index (χ2v) is 7.35. The molecule has 0 aliphatic carbocycles. The highest BCUT2D eigenvalue weighted by atomic mass is 79.9. The molecule has 1 aromatic heterocycles. The lowest BCUT2D eigenvalue weighted by molar-refractivity contribution is 0.297. The van der Waals surface area contributed by atoms with Crippen LogP contribution in [0.5, 0.6) is 11.5 Å². The molecule has 0 aliphatic rings. The Hall–Kier alpha value is -3.12. The van der Waals surface area contributed by atoms with Crippen molar-refractivity contribution >= 4 is 26.8 Å². The molecule has 0 aliphatic heterocycles. The van der Waals surface area contributed by atoms with Crippen LogP contribution >= 0.6 is 15.9 Å². The quantitative estimate of drug-likeness (QED) is 0.449. The first-order valence-electron chi connectivity index (χ1n) is 9.19. The highest BCUT2D eigenvalue weighted by molar-refractivity contribution is 9.10. The van der Waals surface area contributed by atoms with Crippen LogP contribution in [0.4, 0.5) is 0 Å². The number of fused-ring (bicyclic) bond motifs is 1. The molecule has 0 amide bonds. The molecule has 0 atom stereocenters. The minimum absolute atomic E-state index is 0.181. The zero-order valence-electron chi connectivity index (χ0n) is 15.8. The van der Waals surface area contributed by atoms with Gasteiger partial charge in [0.25, 0.3) is 5.56 Å². The molecule has 0 saturated heterocycles. The van der Waals surface area contributed by atoms with Gasteiger partial charge in [0, 0.05) is 16.5 Å². The lowest BCUT2D eigenvalue weighted by Crippen LogP contribution is -2.10. The number of aromatic amines is 1. The number of methoxy groups -OCH3 is 1. The summed E-state index contributed by atoms with van der Waals surface area (Å²) in [5.41, 5.74) is 2.39. The van der Waals surface area contributed by atoms with Crippen LogP contribution in [0, 0.1) is 0 Å². The van der Waals surface area contributed by atoms with Crippen molar-refractivity contribution in [1.82, 2.24) is 9.97 Å². The molecule has 0 saturated carbocycles. The molecule has 0 spiro atoms. The van der Waals surface area contributed by atoms with Gasteiger partial charge in [0.2, 0.25) is 0 Å². The Kier molecular flexibility index (Phi) is 5.62. The van der Waals surface area contributed by atoms with Crippen LogP contribution in [0.3, 0.4) is 0 Å². The number of nitrogens with zero attached hydrogens (tertiary/aromatic N) is 1. The molecule has 4 rings (SSSR count). The normalized spacial score (nSPS) is 10.8. The van der Waals surface area contributed by atoms with E-state index in [4.69, 9.17) is 9.47 Å². The molecule has 0 fully saturated rings. The summed E-state index contributed by atoms with van der Waals surface area (Å²) < 4.78 is 12.2. The molecule has 0 unspecified atom stereocenters. The summed E-state index contributed by atoms with van der Waals surface area (Å²) in [4.78, 5) is 19.9. The van der Waals surface area contributed by atoms with Gasteiger partial charge in [-0.05, 0) is 45.8 Å². The van der Waals surface area contributed by atoms with Crippen molar-refractivity contribution in [2.45, 2.75) is 6.42 Å². The van der Waals surface area contributed by atoms with Crippen LogP contribution in [-0.2, 0) is 6.42 Å². The van der Waals surface area contributed by atoms with Gasteiger partial charge in [-0.2, -0.15) is 0 Å². The summed E-state index contributed by atoms with van der Waals surface area (Å²) in [6.07, 6.45) is 0.795. The third kappa shape index (κ3) is 4.17. The van der Waals surface area contributed by atoms with E-state index in [1.165, 1.54) is 5.56 Å². The number of rotatable bonds is 6. The van der Waals surface area contributed by atoms with Gasteiger partial charge in [-0.3, -0.25) is 4.79 Å². The van der Waals surface area contributed by atoms with E-state index in [1.54, 1.807) is 13.2 Å². The second kappa shape index (κ2) is 8.49. The number of ether oxygens (including phenoxy) is 2. The molecular weight excluding hydrogens is 432 g/mol. The molecule has 1 N–H and O–H groups in total. The van der Waals surface area contributed by atoms with Crippen molar-refractivity contribution in [2.75, 3.05) is 13.7 Å². The maximum atomic E-state index is 12.4. The summed E-state index contributed by atoms with van der Waals surface area (Å²) in [5.74, 6) is 1.67. The minimum atomic E-state index is -0.181. The molecule has 29 heavy (non-hydrogen) atoms. The summed E-state index contributed by atoms with van der Waals surface area (Å²) in [5, 5.41) is 0.556. The number of para-hydroxylation sites is 1. The van der Waals surface area contributed by atoms with E-state index in [-0.39, 0.29) is 5.56 Å². The Balaban J connectivity index is 1.63. The highest BCUT2D eigenvalue weighted by Crippen LogP contribution is 2.37. The molecule has 6 heteroatoms. The largest absolute Gasteiger partial charge is 0.493 e. The van der Waals surface area contributed by atoms with Crippen LogP contribution < -0.4 is 15.0 Å². The average molecular weight is 451 g/mol. The summed E-state index contributed by atoms with van der Waals surface area (Å²) in [7, 11) is 1.59. The van der Waals surface area contributed by atoms with Crippen LogP contribution in [-0.4, -0.2) is 23.7 Å². The molecule has 1 heterocycles.